The summed E-state index contributed by atoms with van der Waals surface area (Å²) in [4.78, 5) is 13.7. The van der Waals surface area contributed by atoms with Crippen LogP contribution in [0.4, 0.5) is 0 Å². The van der Waals surface area contributed by atoms with Gasteiger partial charge in [-0.05, 0) is 50.2 Å². The molecule has 23 heavy (non-hydrogen) atoms. The fraction of sp³-hybridized carbons (Fsp3) is 0.111. The zero-order valence-corrected chi connectivity index (χ0v) is 12.9. The van der Waals surface area contributed by atoms with Crippen LogP contribution in [-0.2, 0) is 0 Å². The first-order valence-corrected chi connectivity index (χ1v) is 7.43. The van der Waals surface area contributed by atoms with E-state index in [9.17, 15) is 0 Å². The Labute approximate surface area is 133 Å². The smallest absolute Gasteiger partial charge is 0.178 e. The largest absolute Gasteiger partial charge is 0.258 e. The van der Waals surface area contributed by atoms with Crippen LogP contribution in [0.1, 0.15) is 11.4 Å². The Hall–Kier alpha value is -3.08. The van der Waals surface area contributed by atoms with Crippen molar-refractivity contribution in [2.24, 2.45) is 0 Å². The van der Waals surface area contributed by atoms with E-state index in [-0.39, 0.29) is 0 Å². The van der Waals surface area contributed by atoms with Gasteiger partial charge in [0.1, 0.15) is 5.69 Å². The number of pyridine rings is 2. The van der Waals surface area contributed by atoms with Gasteiger partial charge in [-0.1, -0.05) is 6.07 Å². The number of hydrogen-bond donors (Lipinski definition) is 0. The van der Waals surface area contributed by atoms with E-state index in [2.05, 4.69) is 21.1 Å². The minimum atomic E-state index is 0.650. The molecule has 0 saturated carbocycles. The topological polar surface area (TPSA) is 56.0 Å². The molecule has 0 aliphatic heterocycles. The quantitative estimate of drug-likeness (QED) is 0.569. The van der Waals surface area contributed by atoms with Gasteiger partial charge in [-0.2, -0.15) is 5.10 Å². The van der Waals surface area contributed by atoms with Crippen molar-refractivity contribution in [1.29, 1.82) is 0 Å². The molecule has 4 heterocycles. The van der Waals surface area contributed by atoms with Gasteiger partial charge in [0.2, 0.25) is 0 Å². The number of hydrogen-bond acceptors (Lipinski definition) is 4. The SMILES string of the molecule is Cc1ccc(-c2ccnc(-c3cccc4ccnn34)n2)c(C)n1. The van der Waals surface area contributed by atoms with Gasteiger partial charge in [-0.15, -0.1) is 0 Å². The standard InChI is InChI=1S/C18H15N5/c1-12-6-7-15(13(2)21-12)16-9-10-19-18(22-16)17-5-3-4-14-8-11-20-23(14)17/h3-11H,1-2H3. The summed E-state index contributed by atoms with van der Waals surface area (Å²) < 4.78 is 1.85. The molecule has 0 fully saturated rings. The van der Waals surface area contributed by atoms with Gasteiger partial charge < -0.3 is 0 Å². The van der Waals surface area contributed by atoms with Crippen molar-refractivity contribution in [3.05, 3.63) is 66.2 Å². The number of aromatic nitrogens is 5. The minimum Gasteiger partial charge on any atom is -0.258 e. The lowest BCUT2D eigenvalue weighted by Gasteiger charge is -2.08. The number of fused-ring (bicyclic) bond motifs is 1. The maximum absolute atomic E-state index is 4.72. The van der Waals surface area contributed by atoms with E-state index >= 15 is 0 Å². The molecule has 0 unspecified atom stereocenters. The van der Waals surface area contributed by atoms with Gasteiger partial charge in [0, 0.05) is 23.1 Å². The molecule has 4 aromatic heterocycles. The Bertz CT molecular complexity index is 1000. The molecule has 0 spiro atoms. The average Bonchev–Trinajstić information content (AvgIpc) is 3.03. The third-order valence-corrected chi connectivity index (χ3v) is 3.81. The van der Waals surface area contributed by atoms with Crippen LogP contribution in [0.25, 0.3) is 28.3 Å². The maximum atomic E-state index is 4.72. The lowest BCUT2D eigenvalue weighted by Crippen LogP contribution is -1.99. The normalized spacial score (nSPS) is 11.0. The molecular formula is C18H15N5. The van der Waals surface area contributed by atoms with E-state index in [4.69, 9.17) is 4.98 Å². The Balaban J connectivity index is 1.87. The van der Waals surface area contributed by atoms with Crippen molar-refractivity contribution in [2.45, 2.75) is 13.8 Å². The van der Waals surface area contributed by atoms with Crippen molar-refractivity contribution in [3.63, 3.8) is 0 Å². The number of nitrogens with zero attached hydrogens (tertiary/aromatic N) is 5. The Morgan fingerprint density at radius 3 is 2.65 bits per heavy atom. The molecular weight excluding hydrogens is 286 g/mol. The van der Waals surface area contributed by atoms with Crippen molar-refractivity contribution >= 4 is 5.52 Å². The summed E-state index contributed by atoms with van der Waals surface area (Å²) in [6.07, 6.45) is 3.55. The van der Waals surface area contributed by atoms with E-state index < -0.39 is 0 Å². The van der Waals surface area contributed by atoms with Crippen LogP contribution in [-0.4, -0.2) is 24.6 Å². The Morgan fingerprint density at radius 1 is 0.870 bits per heavy atom. The fourth-order valence-electron chi connectivity index (χ4n) is 2.71. The molecule has 0 aliphatic carbocycles. The summed E-state index contributed by atoms with van der Waals surface area (Å²) in [7, 11) is 0. The molecule has 0 atom stereocenters. The summed E-state index contributed by atoms with van der Waals surface area (Å²) in [5.74, 6) is 0.650. The molecule has 5 nitrogen and oxygen atoms in total. The van der Waals surface area contributed by atoms with E-state index in [0.29, 0.717) is 5.82 Å². The third kappa shape index (κ3) is 2.36. The van der Waals surface area contributed by atoms with E-state index in [0.717, 1.165) is 33.9 Å². The molecule has 0 bridgehead atoms. The van der Waals surface area contributed by atoms with Crippen LogP contribution in [0, 0.1) is 13.8 Å². The summed E-state index contributed by atoms with van der Waals surface area (Å²) in [6, 6.07) is 13.9. The van der Waals surface area contributed by atoms with Crippen LogP contribution in [0.15, 0.2) is 54.9 Å². The second-order valence-corrected chi connectivity index (χ2v) is 5.43. The van der Waals surface area contributed by atoms with Crippen molar-refractivity contribution in [1.82, 2.24) is 24.6 Å². The van der Waals surface area contributed by atoms with Crippen molar-refractivity contribution < 1.29 is 0 Å². The average molecular weight is 301 g/mol. The van der Waals surface area contributed by atoms with E-state index in [1.807, 2.05) is 54.8 Å². The monoisotopic (exact) mass is 301 g/mol. The summed E-state index contributed by atoms with van der Waals surface area (Å²) in [6.45, 7) is 3.99. The highest BCUT2D eigenvalue weighted by atomic mass is 15.2. The van der Waals surface area contributed by atoms with Crippen LogP contribution in [0.3, 0.4) is 0 Å². The van der Waals surface area contributed by atoms with Gasteiger partial charge in [0.05, 0.1) is 17.4 Å². The number of rotatable bonds is 2. The molecule has 0 saturated heterocycles. The summed E-state index contributed by atoms with van der Waals surface area (Å²) in [5.41, 5.74) is 5.74. The first kappa shape index (κ1) is 13.6. The molecule has 0 N–H and O–H groups in total. The molecule has 0 aliphatic rings. The van der Waals surface area contributed by atoms with Crippen molar-refractivity contribution in [3.8, 4) is 22.8 Å². The second kappa shape index (κ2) is 5.28. The predicted octanol–water partition coefficient (Wildman–Crippen LogP) is 3.47. The van der Waals surface area contributed by atoms with Gasteiger partial charge in [0.15, 0.2) is 5.82 Å². The van der Waals surface area contributed by atoms with E-state index in [1.54, 1.807) is 12.4 Å². The predicted molar refractivity (Wildman–Crippen MR) is 88.9 cm³/mol. The van der Waals surface area contributed by atoms with E-state index in [1.165, 1.54) is 0 Å². The van der Waals surface area contributed by atoms with Gasteiger partial charge in [0.25, 0.3) is 0 Å². The molecule has 5 heteroatoms. The Kier molecular flexibility index (Phi) is 3.12. The van der Waals surface area contributed by atoms with Gasteiger partial charge in [-0.25, -0.2) is 14.5 Å². The first-order valence-electron chi connectivity index (χ1n) is 7.43. The molecule has 4 aromatic rings. The van der Waals surface area contributed by atoms with Crippen LogP contribution in [0.2, 0.25) is 0 Å². The number of aryl methyl sites for hydroxylation is 2. The maximum Gasteiger partial charge on any atom is 0.178 e. The second-order valence-electron chi connectivity index (χ2n) is 5.43. The van der Waals surface area contributed by atoms with Crippen LogP contribution in [0.5, 0.6) is 0 Å². The molecule has 112 valence electrons. The molecule has 0 radical (unpaired) electrons. The third-order valence-electron chi connectivity index (χ3n) is 3.81. The molecule has 0 amide bonds. The minimum absolute atomic E-state index is 0.650. The highest BCUT2D eigenvalue weighted by molar-refractivity contribution is 5.65. The lowest BCUT2D eigenvalue weighted by molar-refractivity contribution is 0.951. The van der Waals surface area contributed by atoms with Crippen molar-refractivity contribution in [2.75, 3.05) is 0 Å². The first-order chi connectivity index (χ1) is 11.2. The highest BCUT2D eigenvalue weighted by Gasteiger charge is 2.10. The van der Waals surface area contributed by atoms with Gasteiger partial charge in [-0.3, -0.25) is 4.98 Å². The lowest BCUT2D eigenvalue weighted by atomic mass is 10.1. The molecule has 4 rings (SSSR count). The zero-order valence-electron chi connectivity index (χ0n) is 12.9. The highest BCUT2D eigenvalue weighted by Crippen LogP contribution is 2.23. The van der Waals surface area contributed by atoms with Crippen LogP contribution < -0.4 is 0 Å². The Morgan fingerprint density at radius 2 is 1.78 bits per heavy atom. The fourth-order valence-corrected chi connectivity index (χ4v) is 2.71. The zero-order chi connectivity index (χ0) is 15.8. The van der Waals surface area contributed by atoms with Crippen LogP contribution >= 0.6 is 0 Å². The van der Waals surface area contributed by atoms with Gasteiger partial charge >= 0.3 is 0 Å². The summed E-state index contributed by atoms with van der Waals surface area (Å²) in [5, 5.41) is 4.35. The molecule has 0 aromatic carbocycles. The summed E-state index contributed by atoms with van der Waals surface area (Å²) >= 11 is 0.